The number of pyridine rings is 1. The second kappa shape index (κ2) is 8.81. The average Bonchev–Trinajstić information content (AvgIpc) is 3.01. The summed E-state index contributed by atoms with van der Waals surface area (Å²) < 4.78 is 5.92. The molecular formula is C21H26N2O3. The van der Waals surface area contributed by atoms with Crippen LogP contribution >= 0.6 is 0 Å². The maximum absolute atomic E-state index is 12.0. The summed E-state index contributed by atoms with van der Waals surface area (Å²) in [4.78, 5) is 16.1. The summed E-state index contributed by atoms with van der Waals surface area (Å²) in [7, 11) is 0. The van der Waals surface area contributed by atoms with E-state index in [1.54, 1.807) is 12.4 Å². The normalized spacial score (nSPS) is 22.2. The molecule has 1 aromatic carbocycles. The van der Waals surface area contributed by atoms with Crippen molar-refractivity contribution in [2.75, 3.05) is 6.54 Å². The highest BCUT2D eigenvalue weighted by atomic mass is 16.5. The molecule has 1 aliphatic rings. The van der Waals surface area contributed by atoms with E-state index in [0.29, 0.717) is 19.4 Å². The molecule has 26 heavy (non-hydrogen) atoms. The predicted molar refractivity (Wildman–Crippen MR) is 99.9 cm³/mol. The van der Waals surface area contributed by atoms with E-state index >= 15 is 0 Å². The van der Waals surface area contributed by atoms with Gasteiger partial charge in [0.1, 0.15) is 11.9 Å². The lowest BCUT2D eigenvalue weighted by atomic mass is 10.1. The number of aromatic nitrogens is 1. The molecule has 1 saturated carbocycles. The van der Waals surface area contributed by atoms with Crippen molar-refractivity contribution in [3.05, 3.63) is 59.9 Å². The molecule has 1 aromatic heterocycles. The molecule has 0 unspecified atom stereocenters. The van der Waals surface area contributed by atoms with Crippen molar-refractivity contribution >= 4 is 5.91 Å². The number of hydrogen-bond acceptors (Lipinski definition) is 4. The third kappa shape index (κ3) is 5.05. The van der Waals surface area contributed by atoms with Crippen LogP contribution in [0.1, 0.15) is 30.4 Å². The molecule has 1 amide bonds. The molecule has 1 fully saturated rings. The van der Waals surface area contributed by atoms with Crippen LogP contribution in [0.4, 0.5) is 0 Å². The van der Waals surface area contributed by atoms with Gasteiger partial charge >= 0.3 is 0 Å². The molecule has 1 heterocycles. The minimum Gasteiger partial charge on any atom is -0.488 e. The van der Waals surface area contributed by atoms with E-state index in [1.165, 1.54) is 5.56 Å². The first kappa shape index (κ1) is 18.4. The number of aliphatic hydroxyl groups is 1. The smallest absolute Gasteiger partial charge is 0.220 e. The number of carbonyl (C=O) groups excluding carboxylic acids is 1. The molecule has 3 atom stereocenters. The van der Waals surface area contributed by atoms with E-state index in [1.807, 2.05) is 43.3 Å². The molecule has 2 N–H and O–H groups in total. The lowest BCUT2D eigenvalue weighted by Gasteiger charge is -2.21. The topological polar surface area (TPSA) is 71.5 Å². The van der Waals surface area contributed by atoms with E-state index in [0.717, 1.165) is 24.2 Å². The van der Waals surface area contributed by atoms with Gasteiger partial charge in [0.15, 0.2) is 0 Å². The Morgan fingerprint density at radius 3 is 2.81 bits per heavy atom. The summed E-state index contributed by atoms with van der Waals surface area (Å²) in [6, 6.07) is 11.7. The van der Waals surface area contributed by atoms with Crippen molar-refractivity contribution in [3.63, 3.8) is 0 Å². The van der Waals surface area contributed by atoms with Gasteiger partial charge in [0.05, 0.1) is 6.10 Å². The highest BCUT2D eigenvalue weighted by Gasteiger charge is 2.36. The van der Waals surface area contributed by atoms with Crippen molar-refractivity contribution in [3.8, 4) is 5.75 Å². The summed E-state index contributed by atoms with van der Waals surface area (Å²) in [5.41, 5.74) is 2.23. The number of aryl methyl sites for hydroxylation is 2. The fourth-order valence-electron chi connectivity index (χ4n) is 3.30. The SMILES string of the molecule is Cc1ccc(O[C@@H]2CC[C@H](CNC(=O)CCc3cccnc3)[C@H]2O)cc1. The van der Waals surface area contributed by atoms with Gasteiger partial charge < -0.3 is 15.2 Å². The Morgan fingerprint density at radius 1 is 1.27 bits per heavy atom. The lowest BCUT2D eigenvalue weighted by Crippen LogP contribution is -2.37. The van der Waals surface area contributed by atoms with E-state index in [-0.39, 0.29) is 17.9 Å². The Hall–Kier alpha value is -2.40. The highest BCUT2D eigenvalue weighted by molar-refractivity contribution is 5.76. The molecular weight excluding hydrogens is 328 g/mol. The molecule has 3 rings (SSSR count). The van der Waals surface area contributed by atoms with Gasteiger partial charge in [-0.2, -0.15) is 0 Å². The molecule has 0 saturated heterocycles. The maximum Gasteiger partial charge on any atom is 0.220 e. The first-order chi connectivity index (χ1) is 12.6. The molecule has 1 aliphatic carbocycles. The zero-order valence-electron chi connectivity index (χ0n) is 15.1. The van der Waals surface area contributed by atoms with Gasteiger partial charge in [-0.1, -0.05) is 23.8 Å². The van der Waals surface area contributed by atoms with Crippen molar-refractivity contribution in [2.24, 2.45) is 5.92 Å². The van der Waals surface area contributed by atoms with Gasteiger partial charge in [0.2, 0.25) is 5.91 Å². The van der Waals surface area contributed by atoms with E-state index in [2.05, 4.69) is 10.3 Å². The van der Waals surface area contributed by atoms with Crippen LogP contribution < -0.4 is 10.1 Å². The number of rotatable bonds is 7. The minimum atomic E-state index is -0.560. The molecule has 0 spiro atoms. The summed E-state index contributed by atoms with van der Waals surface area (Å²) in [5.74, 6) is 0.817. The summed E-state index contributed by atoms with van der Waals surface area (Å²) in [6.07, 6.45) is 5.47. The fourth-order valence-corrected chi connectivity index (χ4v) is 3.30. The molecule has 0 bridgehead atoms. The largest absolute Gasteiger partial charge is 0.488 e. The van der Waals surface area contributed by atoms with E-state index in [4.69, 9.17) is 4.74 Å². The van der Waals surface area contributed by atoms with Crippen molar-refractivity contribution in [1.82, 2.24) is 10.3 Å². The standard InChI is InChI=1S/C21H26N2O3/c1-15-4-8-18(9-5-15)26-19-10-7-17(21(19)25)14-23-20(24)11-6-16-3-2-12-22-13-16/h2-5,8-9,12-13,17,19,21,25H,6-7,10-11,14H2,1H3,(H,23,24)/t17-,19-,21-/m1/s1. The highest BCUT2D eigenvalue weighted by Crippen LogP contribution is 2.29. The summed E-state index contributed by atoms with van der Waals surface area (Å²) in [5, 5.41) is 13.4. The van der Waals surface area contributed by atoms with Crippen LogP contribution in [0.5, 0.6) is 5.75 Å². The van der Waals surface area contributed by atoms with Gasteiger partial charge in [0, 0.05) is 31.3 Å². The van der Waals surface area contributed by atoms with Crippen LogP contribution in [-0.4, -0.2) is 34.8 Å². The molecule has 0 radical (unpaired) electrons. The van der Waals surface area contributed by atoms with Crippen LogP contribution in [0.2, 0.25) is 0 Å². The second-order valence-electron chi connectivity index (χ2n) is 6.96. The van der Waals surface area contributed by atoms with Crippen LogP contribution in [0.25, 0.3) is 0 Å². The van der Waals surface area contributed by atoms with Crippen LogP contribution in [-0.2, 0) is 11.2 Å². The molecule has 138 valence electrons. The molecule has 2 aromatic rings. The number of ether oxygens (including phenoxy) is 1. The number of benzene rings is 1. The van der Waals surface area contributed by atoms with Gasteiger partial charge in [-0.25, -0.2) is 0 Å². The van der Waals surface area contributed by atoms with Crippen LogP contribution in [0.3, 0.4) is 0 Å². The Kier molecular flexibility index (Phi) is 6.23. The third-order valence-corrected chi connectivity index (χ3v) is 4.92. The molecule has 5 heteroatoms. The number of carbonyl (C=O) groups is 1. The van der Waals surface area contributed by atoms with Gasteiger partial charge in [-0.3, -0.25) is 9.78 Å². The van der Waals surface area contributed by atoms with Gasteiger partial charge in [-0.15, -0.1) is 0 Å². The number of hydrogen-bond donors (Lipinski definition) is 2. The molecule has 5 nitrogen and oxygen atoms in total. The summed E-state index contributed by atoms with van der Waals surface area (Å²) >= 11 is 0. The van der Waals surface area contributed by atoms with Crippen LogP contribution in [0, 0.1) is 12.8 Å². The van der Waals surface area contributed by atoms with E-state index in [9.17, 15) is 9.90 Å². The first-order valence-electron chi connectivity index (χ1n) is 9.19. The van der Waals surface area contributed by atoms with Crippen molar-refractivity contribution in [1.29, 1.82) is 0 Å². The molecule has 0 aliphatic heterocycles. The lowest BCUT2D eigenvalue weighted by molar-refractivity contribution is -0.121. The first-order valence-corrected chi connectivity index (χ1v) is 9.19. The Labute approximate surface area is 154 Å². The zero-order chi connectivity index (χ0) is 18.4. The zero-order valence-corrected chi connectivity index (χ0v) is 15.1. The number of aliphatic hydroxyl groups excluding tert-OH is 1. The minimum absolute atomic E-state index is 0.00366. The monoisotopic (exact) mass is 354 g/mol. The quantitative estimate of drug-likeness (QED) is 0.802. The Morgan fingerprint density at radius 2 is 2.08 bits per heavy atom. The van der Waals surface area contributed by atoms with Gasteiger partial charge in [-0.05, 0) is 49.9 Å². The second-order valence-corrected chi connectivity index (χ2v) is 6.96. The Balaban J connectivity index is 1.41. The Bertz CT molecular complexity index is 703. The van der Waals surface area contributed by atoms with Crippen LogP contribution in [0.15, 0.2) is 48.8 Å². The number of amides is 1. The predicted octanol–water partition coefficient (Wildman–Crippen LogP) is 2.66. The average molecular weight is 354 g/mol. The fraction of sp³-hybridized carbons (Fsp3) is 0.429. The third-order valence-electron chi connectivity index (χ3n) is 4.92. The number of nitrogens with one attached hydrogen (secondary N) is 1. The van der Waals surface area contributed by atoms with Crippen molar-refractivity contribution in [2.45, 2.75) is 44.8 Å². The van der Waals surface area contributed by atoms with Crippen molar-refractivity contribution < 1.29 is 14.6 Å². The summed E-state index contributed by atoms with van der Waals surface area (Å²) in [6.45, 7) is 2.52. The number of nitrogens with zero attached hydrogens (tertiary/aromatic N) is 1. The van der Waals surface area contributed by atoms with Gasteiger partial charge in [0.25, 0.3) is 0 Å². The van der Waals surface area contributed by atoms with E-state index < -0.39 is 6.10 Å². The maximum atomic E-state index is 12.0.